The lowest BCUT2D eigenvalue weighted by molar-refractivity contribution is 0.00578. The number of likely N-dealkylation sites (N-methyl/N-ethyl adjacent to an activating group) is 2. The third-order valence-corrected chi connectivity index (χ3v) is 28.3. The van der Waals surface area contributed by atoms with Crippen molar-refractivity contribution in [3.63, 3.8) is 0 Å². The SMILES string of the molecule is C.CC1(C)OB(B2OC(C)(C)C(C)(C)O2)OC1(C)C.CCc1cc(Nc2ncc(Cl)c(Nc3ccc(B4OC(C)(C)C(C)(C)O4)cc3P(C)(C)=O)n2)c(OC)cc1N1CCC(N2CCN(C)CC2)CC1.CCc1cc(Nc2ncc(Cl)c(Nc3ccc(Br)cc3P(C)(C)=O)n2)c(OC)cc1N1CCC(N2CCN(C)CC2)CC1. The van der Waals surface area contributed by atoms with Gasteiger partial charge in [-0.1, -0.05) is 66.5 Å². The molecule has 32 heteroatoms. The van der Waals surface area contributed by atoms with Crippen LogP contribution in [0.4, 0.5) is 57.7 Å². The number of benzene rings is 4. The Hall–Kier alpha value is -5.25. The molecule has 7 fully saturated rings. The first kappa shape index (κ1) is 90.1. The third-order valence-electron chi connectivity index (χ3n) is 24.2. The number of nitrogens with zero attached hydrogens (tertiary/aromatic N) is 10. The van der Waals surface area contributed by atoms with Gasteiger partial charge in [-0.2, -0.15) is 9.97 Å². The van der Waals surface area contributed by atoms with E-state index in [4.69, 9.17) is 65.6 Å². The number of halogens is 3. The molecule has 113 heavy (non-hydrogen) atoms. The van der Waals surface area contributed by atoms with E-state index in [1.165, 1.54) is 48.4 Å². The van der Waals surface area contributed by atoms with E-state index in [9.17, 15) is 9.13 Å². The molecular formula is C81H124B3BrCl2N14O10P2. The van der Waals surface area contributed by atoms with Gasteiger partial charge in [0.25, 0.3) is 0 Å². The van der Waals surface area contributed by atoms with Gasteiger partial charge in [0.1, 0.15) is 35.8 Å². The van der Waals surface area contributed by atoms with Gasteiger partial charge >= 0.3 is 21.1 Å². The number of aryl methyl sites for hydroxylation is 2. The van der Waals surface area contributed by atoms with E-state index < -0.39 is 46.6 Å². The number of nitrogens with one attached hydrogen (secondary N) is 4. The van der Waals surface area contributed by atoms with Gasteiger partial charge in [0.2, 0.25) is 11.9 Å². The molecule has 4 N–H and O–H groups in total. The smallest absolute Gasteiger partial charge is 0.494 e. The molecule has 2 aromatic heterocycles. The number of rotatable bonds is 20. The van der Waals surface area contributed by atoms with Crippen molar-refractivity contribution in [2.24, 2.45) is 0 Å². The van der Waals surface area contributed by atoms with Crippen LogP contribution in [0.2, 0.25) is 10.0 Å². The van der Waals surface area contributed by atoms with Crippen molar-refractivity contribution in [3.05, 3.63) is 98.7 Å². The van der Waals surface area contributed by atoms with Crippen LogP contribution in [0.25, 0.3) is 0 Å². The van der Waals surface area contributed by atoms with Gasteiger partial charge in [-0.25, -0.2) is 9.97 Å². The normalized spacial score (nSPS) is 20.7. The van der Waals surface area contributed by atoms with Gasteiger partial charge < -0.3 is 87.4 Å². The molecule has 13 rings (SSSR count). The Morgan fingerprint density at radius 1 is 0.487 bits per heavy atom. The highest BCUT2D eigenvalue weighted by molar-refractivity contribution is 9.10. The monoisotopic (exact) mass is 1700 g/mol. The molecule has 24 nitrogen and oxygen atoms in total. The molecule has 7 aliphatic rings. The van der Waals surface area contributed by atoms with Gasteiger partial charge in [0, 0.05) is 129 Å². The minimum atomic E-state index is -2.76. The van der Waals surface area contributed by atoms with E-state index in [0.717, 1.165) is 124 Å². The van der Waals surface area contributed by atoms with Gasteiger partial charge in [-0.3, -0.25) is 9.80 Å². The third kappa shape index (κ3) is 21.1. The number of methoxy groups -OCH3 is 2. The predicted octanol–water partition coefficient (Wildman–Crippen LogP) is 15.3. The highest BCUT2D eigenvalue weighted by atomic mass is 79.9. The van der Waals surface area contributed by atoms with Crippen molar-refractivity contribution in [2.45, 2.75) is 189 Å². The number of piperidine rings is 2. The average molecular weight is 1700 g/mol. The maximum atomic E-state index is 13.6. The number of anilines is 10. The first-order chi connectivity index (χ1) is 52.5. The van der Waals surface area contributed by atoms with Crippen LogP contribution in [-0.2, 0) is 49.9 Å². The van der Waals surface area contributed by atoms with Crippen LogP contribution >= 0.6 is 53.4 Å². The number of piperazine rings is 2. The van der Waals surface area contributed by atoms with Crippen molar-refractivity contribution in [1.82, 2.24) is 39.5 Å². The van der Waals surface area contributed by atoms with Gasteiger partial charge in [0.15, 0.2) is 11.6 Å². The molecule has 7 saturated heterocycles. The summed E-state index contributed by atoms with van der Waals surface area (Å²) in [6.07, 6.45) is 9.56. The van der Waals surface area contributed by atoms with Crippen molar-refractivity contribution in [1.29, 1.82) is 0 Å². The Morgan fingerprint density at radius 3 is 1.18 bits per heavy atom. The quantitative estimate of drug-likeness (QED) is 0.0411. The summed E-state index contributed by atoms with van der Waals surface area (Å²) < 4.78 is 75.6. The summed E-state index contributed by atoms with van der Waals surface area (Å²) >= 11 is 16.6. The zero-order valence-electron chi connectivity index (χ0n) is 70.1. The van der Waals surface area contributed by atoms with Crippen molar-refractivity contribution < 1.29 is 46.5 Å². The van der Waals surface area contributed by atoms with Crippen LogP contribution < -0.4 is 56.6 Å². The van der Waals surface area contributed by atoms with Crippen LogP contribution in [0.5, 0.6) is 11.5 Å². The van der Waals surface area contributed by atoms with Crippen LogP contribution in [0.3, 0.4) is 0 Å². The lowest BCUT2D eigenvalue weighted by atomic mass is 9.49. The molecule has 7 aliphatic heterocycles. The van der Waals surface area contributed by atoms with Crippen LogP contribution in [0, 0.1) is 0 Å². The molecule has 0 spiro atoms. The second-order valence-corrected chi connectivity index (χ2v) is 42.5. The Morgan fingerprint density at radius 2 is 0.832 bits per heavy atom. The Balaban J connectivity index is 0.000000197. The summed E-state index contributed by atoms with van der Waals surface area (Å²) in [5.41, 5.74) is 6.21. The largest absolute Gasteiger partial charge is 0.494 e. The summed E-state index contributed by atoms with van der Waals surface area (Å²) in [4.78, 5) is 33.6. The summed E-state index contributed by atoms with van der Waals surface area (Å²) in [6, 6.07) is 21.2. The number of hydrogen-bond acceptors (Lipinski definition) is 24. The fraction of sp³-hybridized carbons (Fsp3) is 0.605. The average Bonchev–Trinajstić information content (AvgIpc) is 1.58. The van der Waals surface area contributed by atoms with E-state index in [2.05, 4.69) is 134 Å². The standard InChI is InChI=1S/C37H54BClN7O4P.C31H42BrClN7O2P.C12H24B2O4.CH4/c1-10-25-21-30(32(48-7)23-31(25)46-15-13-27(14-16-46)45-19-17-44(6)18-20-45)42-35-40-24-28(39)34(43-35)41-29-12-11-26(22-33(29)51(8,9)47)38-49-36(2,3)37(4,5)50-38;1-6-21-17-26(28(42-3)19-27(21)40-11-9-23(10-12-40)39-15-13-38(2)14-16-39)36-31-34-20-24(33)30(37-31)35-25-8-7-22(32)18-29(25)43(4,5)41;1-9(2)10(3,4)16-13(15-9)14-17-11(5,6)12(7,8)18-14;/h11-12,21-24,27H,10,13-20H2,1-9H3,(H2,40,41,42,43);7-8,17-20,23H,6,9-16H2,1-5H3,(H2,34,35,36,37);1-8H3;1H4. The molecule has 9 heterocycles. The number of hydrogen-bond donors (Lipinski definition) is 4. The molecule has 618 valence electrons. The Labute approximate surface area is 693 Å². The summed E-state index contributed by atoms with van der Waals surface area (Å²) in [5.74, 6) is 2.99. The fourth-order valence-corrected chi connectivity index (χ4v) is 18.2. The first-order valence-electron chi connectivity index (χ1n) is 39.5. The lowest BCUT2D eigenvalue weighted by Crippen LogP contribution is -2.52. The number of ether oxygens (including phenoxy) is 2. The minimum Gasteiger partial charge on any atom is -0.494 e. The molecule has 0 aliphatic carbocycles. The van der Waals surface area contributed by atoms with E-state index in [0.29, 0.717) is 67.6 Å². The first-order valence-corrected chi connectivity index (χ1v) is 46.3. The van der Waals surface area contributed by atoms with E-state index >= 15 is 0 Å². The molecule has 0 unspecified atom stereocenters. The lowest BCUT2D eigenvalue weighted by Gasteiger charge is -2.43. The van der Waals surface area contributed by atoms with Gasteiger partial charge in [0.05, 0.1) is 83.0 Å². The van der Waals surface area contributed by atoms with Crippen molar-refractivity contribution >= 4 is 148 Å². The highest BCUT2D eigenvalue weighted by Gasteiger charge is 2.64. The van der Waals surface area contributed by atoms with E-state index in [1.54, 1.807) is 53.3 Å². The Kier molecular flexibility index (Phi) is 28.8. The van der Waals surface area contributed by atoms with Crippen molar-refractivity contribution in [3.8, 4) is 11.5 Å². The molecule has 6 aromatic rings. The van der Waals surface area contributed by atoms with Gasteiger partial charge in [-0.15, -0.1) is 0 Å². The number of aromatic nitrogens is 4. The summed E-state index contributed by atoms with van der Waals surface area (Å²) in [5, 5.41) is 15.4. The molecule has 0 atom stereocenters. The molecular weight excluding hydrogens is 1570 g/mol. The maximum absolute atomic E-state index is 13.6. The molecule has 0 saturated carbocycles. The fourth-order valence-electron chi connectivity index (χ4n) is 15.0. The molecule has 0 bridgehead atoms. The van der Waals surface area contributed by atoms with Crippen molar-refractivity contribution in [2.75, 3.05) is 165 Å². The predicted molar refractivity (Wildman–Crippen MR) is 474 cm³/mol. The van der Waals surface area contributed by atoms with Crippen LogP contribution in [0.1, 0.15) is 141 Å². The second kappa shape index (κ2) is 36.1. The summed E-state index contributed by atoms with van der Waals surface area (Å²) in [6.45, 7) is 49.0. The van der Waals surface area contributed by atoms with Crippen LogP contribution in [0.15, 0.2) is 77.5 Å². The van der Waals surface area contributed by atoms with E-state index in [-0.39, 0.29) is 29.8 Å². The second-order valence-electron chi connectivity index (χ2n) is 34.4. The minimum absolute atomic E-state index is 0. The van der Waals surface area contributed by atoms with Crippen LogP contribution in [-0.4, -0.2) is 240 Å². The maximum Gasteiger partial charge on any atom is 0.494 e. The van der Waals surface area contributed by atoms with Gasteiger partial charge in [-0.05, 0) is 221 Å². The molecule has 4 aromatic carbocycles. The molecule has 0 amide bonds. The zero-order chi connectivity index (χ0) is 81.4. The summed E-state index contributed by atoms with van der Waals surface area (Å²) in [7, 11) is 0.950. The molecule has 0 radical (unpaired) electrons. The highest BCUT2D eigenvalue weighted by Crippen LogP contribution is 2.47. The topological polar surface area (TPSA) is 227 Å². The Bertz CT molecular complexity index is 4320. The zero-order valence-corrected chi connectivity index (χ0v) is 75.0. The van der Waals surface area contributed by atoms with E-state index in [1.807, 2.05) is 119 Å².